The van der Waals surface area contributed by atoms with E-state index < -0.39 is 11.9 Å². The Bertz CT molecular complexity index is 516. The number of benzene rings is 1. The molecule has 1 aliphatic carbocycles. The zero-order chi connectivity index (χ0) is 14.2. The van der Waals surface area contributed by atoms with E-state index in [4.69, 9.17) is 5.11 Å². The number of anilines is 1. The molecule has 0 unspecified atom stereocenters. The lowest BCUT2D eigenvalue weighted by Crippen LogP contribution is -2.21. The van der Waals surface area contributed by atoms with Crippen LogP contribution in [-0.2, 0) is 15.0 Å². The van der Waals surface area contributed by atoms with E-state index in [0.29, 0.717) is 6.42 Å². The number of hydrogen-bond acceptors (Lipinski definition) is 2. The van der Waals surface area contributed by atoms with Gasteiger partial charge in [0.1, 0.15) is 0 Å². The summed E-state index contributed by atoms with van der Waals surface area (Å²) >= 11 is 0. The maximum Gasteiger partial charge on any atom is 0.307 e. The molecule has 2 rings (SSSR count). The molecule has 0 heterocycles. The monoisotopic (exact) mass is 261 g/mol. The van der Waals surface area contributed by atoms with Crippen molar-refractivity contribution in [1.82, 2.24) is 0 Å². The smallest absolute Gasteiger partial charge is 0.307 e. The van der Waals surface area contributed by atoms with Gasteiger partial charge < -0.3 is 10.4 Å². The van der Waals surface area contributed by atoms with Gasteiger partial charge in [-0.15, -0.1) is 0 Å². The minimum atomic E-state index is -0.885. The van der Waals surface area contributed by atoms with Gasteiger partial charge in [0, 0.05) is 5.69 Å². The molecule has 19 heavy (non-hydrogen) atoms. The number of carboxylic acids is 1. The summed E-state index contributed by atoms with van der Waals surface area (Å²) in [7, 11) is 0. The van der Waals surface area contributed by atoms with E-state index in [1.807, 2.05) is 24.3 Å². The van der Waals surface area contributed by atoms with Gasteiger partial charge in [0.2, 0.25) is 5.91 Å². The Morgan fingerprint density at radius 2 is 1.84 bits per heavy atom. The Labute approximate surface area is 112 Å². The van der Waals surface area contributed by atoms with Crippen molar-refractivity contribution >= 4 is 17.6 Å². The second-order valence-electron chi connectivity index (χ2n) is 6.07. The lowest BCUT2D eigenvalue weighted by molar-refractivity contribution is -0.139. The molecule has 2 atom stereocenters. The van der Waals surface area contributed by atoms with Crippen molar-refractivity contribution in [3.05, 3.63) is 29.8 Å². The van der Waals surface area contributed by atoms with E-state index >= 15 is 0 Å². The van der Waals surface area contributed by atoms with Crippen LogP contribution in [0.25, 0.3) is 0 Å². The largest absolute Gasteiger partial charge is 0.481 e. The van der Waals surface area contributed by atoms with E-state index in [9.17, 15) is 9.59 Å². The summed E-state index contributed by atoms with van der Waals surface area (Å²) in [5, 5.41) is 11.7. The van der Waals surface area contributed by atoms with Gasteiger partial charge in [-0.25, -0.2) is 0 Å². The molecule has 1 amide bonds. The Morgan fingerprint density at radius 1 is 1.21 bits per heavy atom. The summed E-state index contributed by atoms with van der Waals surface area (Å²) in [4.78, 5) is 22.8. The highest BCUT2D eigenvalue weighted by Crippen LogP contribution is 2.40. The molecule has 0 aromatic heterocycles. The normalized spacial score (nSPS) is 21.8. The Kier molecular flexibility index (Phi) is 3.35. The van der Waals surface area contributed by atoms with E-state index in [0.717, 1.165) is 11.3 Å². The predicted octanol–water partition coefficient (Wildman–Crippen LogP) is 2.64. The maximum absolute atomic E-state index is 12.0. The van der Waals surface area contributed by atoms with Crippen LogP contribution in [0.15, 0.2) is 24.3 Å². The summed E-state index contributed by atoms with van der Waals surface area (Å²) in [6.07, 6.45) is 0.443. The summed E-state index contributed by atoms with van der Waals surface area (Å²) in [5.74, 6) is -1.97. The summed E-state index contributed by atoms with van der Waals surface area (Å²) in [6, 6.07) is 7.65. The van der Waals surface area contributed by atoms with Gasteiger partial charge in [0.25, 0.3) is 0 Å². The van der Waals surface area contributed by atoms with Gasteiger partial charge in [-0.1, -0.05) is 39.0 Å². The number of rotatable bonds is 3. The molecule has 1 aliphatic rings. The molecule has 1 aromatic rings. The van der Waals surface area contributed by atoms with Crippen LogP contribution in [0.4, 0.5) is 5.69 Å². The van der Waals surface area contributed by atoms with Crippen molar-refractivity contribution in [3.63, 3.8) is 0 Å². The van der Waals surface area contributed by atoms with Crippen molar-refractivity contribution in [2.45, 2.75) is 32.6 Å². The van der Waals surface area contributed by atoms with Crippen LogP contribution in [0.5, 0.6) is 0 Å². The Morgan fingerprint density at radius 3 is 2.37 bits per heavy atom. The Hall–Kier alpha value is -1.84. The van der Waals surface area contributed by atoms with Crippen molar-refractivity contribution in [1.29, 1.82) is 0 Å². The highest BCUT2D eigenvalue weighted by molar-refractivity contribution is 5.98. The molecule has 1 aromatic carbocycles. The van der Waals surface area contributed by atoms with Gasteiger partial charge >= 0.3 is 5.97 Å². The minimum absolute atomic E-state index is 0.0698. The quantitative estimate of drug-likeness (QED) is 0.879. The summed E-state index contributed by atoms with van der Waals surface area (Å²) in [6.45, 7) is 6.24. The third-order valence-electron chi connectivity index (χ3n) is 3.44. The number of aliphatic carboxylic acids is 1. The van der Waals surface area contributed by atoms with Crippen LogP contribution in [0, 0.1) is 11.8 Å². The molecule has 0 aliphatic heterocycles. The number of para-hydroxylation sites is 1. The van der Waals surface area contributed by atoms with Crippen molar-refractivity contribution < 1.29 is 14.7 Å². The second-order valence-corrected chi connectivity index (χ2v) is 6.07. The van der Waals surface area contributed by atoms with Crippen LogP contribution in [0.1, 0.15) is 32.8 Å². The fourth-order valence-electron chi connectivity index (χ4n) is 2.23. The average molecular weight is 261 g/mol. The summed E-state index contributed by atoms with van der Waals surface area (Å²) in [5.41, 5.74) is 1.76. The standard InChI is InChI=1S/C15H19NO3/c1-15(2,3)11-6-4-5-7-12(11)16-13(17)9-8-10(9)14(18)19/h4-7,9-10H,8H2,1-3H3,(H,16,17)(H,18,19)/t9-,10+/m1/s1. The molecule has 0 bridgehead atoms. The van der Waals surface area contributed by atoms with E-state index in [-0.39, 0.29) is 17.2 Å². The number of nitrogens with one attached hydrogen (secondary N) is 1. The lowest BCUT2D eigenvalue weighted by atomic mass is 9.86. The SMILES string of the molecule is CC(C)(C)c1ccccc1NC(=O)[C@@H]1C[C@@H]1C(=O)O. The average Bonchev–Trinajstić information content (AvgIpc) is 3.08. The third kappa shape index (κ3) is 2.95. The highest BCUT2D eigenvalue weighted by atomic mass is 16.4. The number of hydrogen-bond donors (Lipinski definition) is 2. The van der Waals surface area contributed by atoms with Crippen LogP contribution in [0.2, 0.25) is 0 Å². The number of amides is 1. The first-order valence-corrected chi connectivity index (χ1v) is 6.44. The highest BCUT2D eigenvalue weighted by Gasteiger charge is 2.48. The van der Waals surface area contributed by atoms with Gasteiger partial charge in [-0.05, 0) is 23.5 Å². The second kappa shape index (κ2) is 4.68. The Balaban J connectivity index is 2.12. The molecule has 102 valence electrons. The topological polar surface area (TPSA) is 66.4 Å². The summed E-state index contributed by atoms with van der Waals surface area (Å²) < 4.78 is 0. The van der Waals surface area contributed by atoms with Gasteiger partial charge in [0.05, 0.1) is 11.8 Å². The third-order valence-corrected chi connectivity index (χ3v) is 3.44. The predicted molar refractivity (Wildman–Crippen MR) is 73.0 cm³/mol. The molecule has 4 nitrogen and oxygen atoms in total. The first kappa shape index (κ1) is 13.6. The zero-order valence-corrected chi connectivity index (χ0v) is 11.4. The molecule has 0 spiro atoms. The van der Waals surface area contributed by atoms with Crippen molar-refractivity contribution in [3.8, 4) is 0 Å². The van der Waals surface area contributed by atoms with Gasteiger partial charge in [0.15, 0.2) is 0 Å². The molecule has 0 radical (unpaired) electrons. The number of carbonyl (C=O) groups is 2. The molecule has 1 fully saturated rings. The molecule has 1 saturated carbocycles. The van der Waals surface area contributed by atoms with Gasteiger partial charge in [-0.2, -0.15) is 0 Å². The van der Waals surface area contributed by atoms with Crippen molar-refractivity contribution in [2.75, 3.05) is 5.32 Å². The first-order chi connectivity index (χ1) is 8.80. The zero-order valence-electron chi connectivity index (χ0n) is 11.4. The number of carbonyl (C=O) groups excluding carboxylic acids is 1. The van der Waals surface area contributed by atoms with Crippen LogP contribution in [-0.4, -0.2) is 17.0 Å². The molecule has 0 saturated heterocycles. The van der Waals surface area contributed by atoms with Gasteiger partial charge in [-0.3, -0.25) is 9.59 Å². The van der Waals surface area contributed by atoms with E-state index in [1.54, 1.807) is 0 Å². The minimum Gasteiger partial charge on any atom is -0.481 e. The lowest BCUT2D eigenvalue weighted by Gasteiger charge is -2.23. The maximum atomic E-state index is 12.0. The van der Waals surface area contributed by atoms with Crippen LogP contribution in [0.3, 0.4) is 0 Å². The molecule has 4 heteroatoms. The fourth-order valence-corrected chi connectivity index (χ4v) is 2.23. The van der Waals surface area contributed by atoms with Crippen LogP contribution >= 0.6 is 0 Å². The molecular formula is C15H19NO3. The van der Waals surface area contributed by atoms with Crippen molar-refractivity contribution in [2.24, 2.45) is 11.8 Å². The molecule has 2 N–H and O–H groups in total. The fraction of sp³-hybridized carbons (Fsp3) is 0.467. The first-order valence-electron chi connectivity index (χ1n) is 6.44. The molecular weight excluding hydrogens is 242 g/mol. The number of carboxylic acid groups (broad SMARTS) is 1. The van der Waals surface area contributed by atoms with E-state index in [2.05, 4.69) is 26.1 Å². The van der Waals surface area contributed by atoms with E-state index in [1.165, 1.54) is 0 Å². The van der Waals surface area contributed by atoms with Crippen LogP contribution < -0.4 is 5.32 Å².